The van der Waals surface area contributed by atoms with E-state index in [9.17, 15) is 0 Å². The van der Waals surface area contributed by atoms with Crippen molar-refractivity contribution in [2.45, 2.75) is 51.0 Å². The molecule has 0 aromatic heterocycles. The molecule has 0 saturated carbocycles. The third-order valence-corrected chi connectivity index (χ3v) is 3.59. The second-order valence-electron chi connectivity index (χ2n) is 4.95. The Bertz CT molecular complexity index is 156. The van der Waals surface area contributed by atoms with E-state index in [1.807, 2.05) is 0 Å². The van der Waals surface area contributed by atoms with E-state index in [2.05, 4.69) is 17.3 Å². The van der Waals surface area contributed by atoms with Crippen molar-refractivity contribution in [2.75, 3.05) is 33.3 Å². The molecule has 3 heteroatoms. The van der Waals surface area contributed by atoms with Gasteiger partial charge < -0.3 is 15.3 Å². The van der Waals surface area contributed by atoms with Crippen molar-refractivity contribution in [2.24, 2.45) is 0 Å². The van der Waals surface area contributed by atoms with E-state index in [0.717, 1.165) is 12.5 Å². The molecule has 1 unspecified atom stereocenters. The normalized spacial score (nSPS) is 22.3. The van der Waals surface area contributed by atoms with E-state index < -0.39 is 0 Å². The molecule has 3 nitrogen and oxygen atoms in total. The summed E-state index contributed by atoms with van der Waals surface area (Å²) in [6, 6.07) is 0.785. The summed E-state index contributed by atoms with van der Waals surface area (Å²) in [4.78, 5) is 2.53. The summed E-state index contributed by atoms with van der Waals surface area (Å²) in [5, 5.41) is 12.2. The van der Waals surface area contributed by atoms with Gasteiger partial charge in [0.1, 0.15) is 0 Å². The highest BCUT2D eigenvalue weighted by molar-refractivity contribution is 4.73. The highest BCUT2D eigenvalue weighted by Crippen LogP contribution is 2.12. The molecule has 1 saturated heterocycles. The van der Waals surface area contributed by atoms with E-state index in [1.165, 1.54) is 58.2 Å². The first-order valence-corrected chi connectivity index (χ1v) is 6.86. The molecule has 1 atom stereocenters. The van der Waals surface area contributed by atoms with Crippen LogP contribution in [0.25, 0.3) is 0 Å². The fraction of sp³-hybridized carbons (Fsp3) is 1.00. The van der Waals surface area contributed by atoms with E-state index >= 15 is 0 Å². The molecule has 16 heavy (non-hydrogen) atoms. The average molecular weight is 228 g/mol. The standard InChI is InChI=1S/C13H28N2O/c1-15(11-4-2-3-5-12-16)13-7-6-9-14-10-8-13/h13-14,16H,2-12H2,1H3. The quantitative estimate of drug-likeness (QED) is 0.650. The number of aliphatic hydroxyl groups excluding tert-OH is 1. The van der Waals surface area contributed by atoms with Crippen molar-refractivity contribution in [3.05, 3.63) is 0 Å². The number of hydrogen-bond acceptors (Lipinski definition) is 3. The lowest BCUT2D eigenvalue weighted by Crippen LogP contribution is -2.33. The second kappa shape index (κ2) is 8.97. The Hall–Kier alpha value is -0.120. The lowest BCUT2D eigenvalue weighted by molar-refractivity contribution is 0.218. The predicted octanol–water partition coefficient (Wildman–Crippen LogP) is 1.61. The highest BCUT2D eigenvalue weighted by atomic mass is 16.2. The van der Waals surface area contributed by atoms with Crippen molar-refractivity contribution in [3.8, 4) is 0 Å². The largest absolute Gasteiger partial charge is 0.396 e. The molecule has 0 aromatic rings. The lowest BCUT2D eigenvalue weighted by Gasteiger charge is -2.26. The van der Waals surface area contributed by atoms with E-state index in [1.54, 1.807) is 0 Å². The Labute approximate surface area is 100 Å². The van der Waals surface area contributed by atoms with Crippen LogP contribution in [0.5, 0.6) is 0 Å². The van der Waals surface area contributed by atoms with Gasteiger partial charge in [0, 0.05) is 12.6 Å². The van der Waals surface area contributed by atoms with Crippen LogP contribution in [-0.2, 0) is 0 Å². The van der Waals surface area contributed by atoms with Crippen molar-refractivity contribution >= 4 is 0 Å². The zero-order valence-electron chi connectivity index (χ0n) is 10.7. The fourth-order valence-electron chi connectivity index (χ4n) is 2.45. The molecule has 96 valence electrons. The van der Waals surface area contributed by atoms with Gasteiger partial charge in [-0.3, -0.25) is 0 Å². The number of rotatable bonds is 7. The van der Waals surface area contributed by atoms with Gasteiger partial charge in [-0.05, 0) is 58.8 Å². The lowest BCUT2D eigenvalue weighted by atomic mass is 10.1. The minimum atomic E-state index is 0.351. The summed E-state index contributed by atoms with van der Waals surface area (Å²) in [5.41, 5.74) is 0. The molecule has 2 N–H and O–H groups in total. The summed E-state index contributed by atoms with van der Waals surface area (Å²) in [7, 11) is 2.27. The number of unbranched alkanes of at least 4 members (excludes halogenated alkanes) is 3. The van der Waals surface area contributed by atoms with E-state index in [-0.39, 0.29) is 0 Å². The smallest absolute Gasteiger partial charge is 0.0431 e. The summed E-state index contributed by atoms with van der Waals surface area (Å²) >= 11 is 0. The Morgan fingerprint density at radius 3 is 2.75 bits per heavy atom. The summed E-state index contributed by atoms with van der Waals surface area (Å²) in [6.45, 7) is 3.95. The Morgan fingerprint density at radius 1 is 1.12 bits per heavy atom. The van der Waals surface area contributed by atoms with Crippen LogP contribution in [0.15, 0.2) is 0 Å². The van der Waals surface area contributed by atoms with Crippen LogP contribution in [0, 0.1) is 0 Å². The van der Waals surface area contributed by atoms with Crippen LogP contribution < -0.4 is 5.32 Å². The molecular formula is C13H28N2O. The van der Waals surface area contributed by atoms with Crippen molar-refractivity contribution in [3.63, 3.8) is 0 Å². The maximum absolute atomic E-state index is 8.69. The minimum Gasteiger partial charge on any atom is -0.396 e. The topological polar surface area (TPSA) is 35.5 Å². The van der Waals surface area contributed by atoms with Crippen molar-refractivity contribution in [1.29, 1.82) is 0 Å². The number of aliphatic hydroxyl groups is 1. The Kier molecular flexibility index (Phi) is 7.81. The molecule has 1 rings (SSSR count). The molecule has 0 aliphatic carbocycles. The molecule has 1 aliphatic rings. The summed E-state index contributed by atoms with van der Waals surface area (Å²) in [6.07, 6.45) is 8.65. The van der Waals surface area contributed by atoms with Gasteiger partial charge >= 0.3 is 0 Å². The molecule has 0 bridgehead atoms. The molecule has 1 fully saturated rings. The molecule has 0 amide bonds. The third-order valence-electron chi connectivity index (χ3n) is 3.59. The van der Waals surface area contributed by atoms with E-state index in [0.29, 0.717) is 6.61 Å². The number of hydrogen-bond donors (Lipinski definition) is 2. The van der Waals surface area contributed by atoms with Crippen molar-refractivity contribution < 1.29 is 5.11 Å². The van der Waals surface area contributed by atoms with E-state index in [4.69, 9.17) is 5.11 Å². The molecule has 0 spiro atoms. The first-order chi connectivity index (χ1) is 7.84. The molecule has 1 heterocycles. The minimum absolute atomic E-state index is 0.351. The van der Waals surface area contributed by atoms with Crippen molar-refractivity contribution in [1.82, 2.24) is 10.2 Å². The van der Waals surface area contributed by atoms with Gasteiger partial charge in [0.25, 0.3) is 0 Å². The van der Waals surface area contributed by atoms with Gasteiger partial charge in [0.2, 0.25) is 0 Å². The second-order valence-corrected chi connectivity index (χ2v) is 4.95. The number of nitrogens with zero attached hydrogens (tertiary/aromatic N) is 1. The van der Waals surface area contributed by atoms with Crippen LogP contribution >= 0.6 is 0 Å². The van der Waals surface area contributed by atoms with Gasteiger partial charge in [-0.25, -0.2) is 0 Å². The first-order valence-electron chi connectivity index (χ1n) is 6.86. The average Bonchev–Trinajstić information content (AvgIpc) is 2.57. The van der Waals surface area contributed by atoms with Gasteiger partial charge in [0.15, 0.2) is 0 Å². The van der Waals surface area contributed by atoms with Crippen LogP contribution in [0.3, 0.4) is 0 Å². The van der Waals surface area contributed by atoms with Gasteiger partial charge in [-0.15, -0.1) is 0 Å². The third kappa shape index (κ3) is 5.83. The molecule has 0 radical (unpaired) electrons. The Balaban J connectivity index is 2.05. The Morgan fingerprint density at radius 2 is 1.94 bits per heavy atom. The fourth-order valence-corrected chi connectivity index (χ4v) is 2.45. The van der Waals surface area contributed by atoms with Crippen LogP contribution in [0.2, 0.25) is 0 Å². The summed E-state index contributed by atoms with van der Waals surface area (Å²) < 4.78 is 0. The predicted molar refractivity (Wildman–Crippen MR) is 68.7 cm³/mol. The summed E-state index contributed by atoms with van der Waals surface area (Å²) in [5.74, 6) is 0. The zero-order valence-corrected chi connectivity index (χ0v) is 10.7. The van der Waals surface area contributed by atoms with Crippen LogP contribution in [0.1, 0.15) is 44.9 Å². The van der Waals surface area contributed by atoms with Gasteiger partial charge in [0.05, 0.1) is 0 Å². The molecular weight excluding hydrogens is 200 g/mol. The SMILES string of the molecule is CN(CCCCCCO)C1CCCNCC1. The highest BCUT2D eigenvalue weighted by Gasteiger charge is 2.15. The maximum Gasteiger partial charge on any atom is 0.0431 e. The molecule has 0 aromatic carbocycles. The molecule has 1 aliphatic heterocycles. The van der Waals surface area contributed by atoms with Gasteiger partial charge in [-0.1, -0.05) is 12.8 Å². The number of nitrogens with one attached hydrogen (secondary N) is 1. The van der Waals surface area contributed by atoms with Crippen LogP contribution in [-0.4, -0.2) is 49.3 Å². The monoisotopic (exact) mass is 228 g/mol. The maximum atomic E-state index is 8.69. The van der Waals surface area contributed by atoms with Crippen LogP contribution in [0.4, 0.5) is 0 Å². The first kappa shape index (κ1) is 13.9. The zero-order chi connectivity index (χ0) is 11.6. The van der Waals surface area contributed by atoms with Gasteiger partial charge in [-0.2, -0.15) is 0 Å².